The second kappa shape index (κ2) is 70.6. The minimum absolute atomic E-state index is 0.0668. The Balaban J connectivity index is 4.14. The van der Waals surface area contributed by atoms with Crippen molar-refractivity contribution in [3.63, 3.8) is 0 Å². The zero-order valence-electron chi connectivity index (χ0n) is 55.0. The zero-order valence-corrected chi connectivity index (χ0v) is 55.0. The molecule has 0 aromatic heterocycles. The molecular weight excluding hydrogens is 1010 g/mol. The van der Waals surface area contributed by atoms with Gasteiger partial charge >= 0.3 is 17.9 Å². The van der Waals surface area contributed by atoms with Crippen LogP contribution in [-0.2, 0) is 28.6 Å². The van der Waals surface area contributed by atoms with Gasteiger partial charge in [-0.25, -0.2) is 0 Å². The van der Waals surface area contributed by atoms with Crippen LogP contribution in [-0.4, -0.2) is 37.2 Å². The van der Waals surface area contributed by atoms with Crippen LogP contribution in [0.25, 0.3) is 0 Å². The molecule has 0 amide bonds. The number of rotatable bonds is 67. The van der Waals surface area contributed by atoms with Gasteiger partial charge in [0.05, 0.1) is 0 Å². The van der Waals surface area contributed by atoms with Gasteiger partial charge in [0.1, 0.15) is 13.2 Å². The molecule has 0 bridgehead atoms. The van der Waals surface area contributed by atoms with Crippen molar-refractivity contribution in [1.29, 1.82) is 0 Å². The predicted octanol–water partition coefficient (Wildman–Crippen LogP) is 25.1. The summed E-state index contributed by atoms with van der Waals surface area (Å²) >= 11 is 0. The predicted molar refractivity (Wildman–Crippen MR) is 358 cm³/mol. The molecule has 6 heteroatoms. The number of carbonyl (C=O) groups is 3. The van der Waals surface area contributed by atoms with E-state index in [-0.39, 0.29) is 31.1 Å². The first-order valence-electron chi connectivity index (χ1n) is 36.3. The molecular formula is C76H138O6. The summed E-state index contributed by atoms with van der Waals surface area (Å²) in [5, 5.41) is 0. The molecule has 0 radical (unpaired) electrons. The van der Waals surface area contributed by atoms with Crippen molar-refractivity contribution in [2.45, 2.75) is 393 Å². The van der Waals surface area contributed by atoms with Crippen LogP contribution in [0.3, 0.4) is 0 Å². The summed E-state index contributed by atoms with van der Waals surface area (Å²) in [5.41, 5.74) is 0. The molecule has 1 atom stereocenters. The highest BCUT2D eigenvalue weighted by Crippen LogP contribution is 2.19. The van der Waals surface area contributed by atoms with Crippen LogP contribution in [0.15, 0.2) is 60.8 Å². The van der Waals surface area contributed by atoms with Gasteiger partial charge in [0.25, 0.3) is 0 Å². The van der Waals surface area contributed by atoms with Crippen molar-refractivity contribution >= 4 is 17.9 Å². The largest absolute Gasteiger partial charge is 0.462 e. The number of esters is 3. The van der Waals surface area contributed by atoms with Crippen molar-refractivity contribution in [2.75, 3.05) is 13.2 Å². The van der Waals surface area contributed by atoms with Gasteiger partial charge in [-0.05, 0) is 64.2 Å². The molecule has 0 saturated heterocycles. The van der Waals surface area contributed by atoms with E-state index in [1.165, 1.54) is 257 Å². The number of hydrogen-bond acceptors (Lipinski definition) is 6. The summed E-state index contributed by atoms with van der Waals surface area (Å²) in [4.78, 5) is 38.4. The molecule has 0 aliphatic rings. The topological polar surface area (TPSA) is 78.9 Å². The fourth-order valence-corrected chi connectivity index (χ4v) is 10.9. The van der Waals surface area contributed by atoms with Crippen LogP contribution in [0.1, 0.15) is 387 Å². The number of ether oxygens (including phenoxy) is 3. The average Bonchev–Trinajstić information content (AvgIpc) is 3.47. The Morgan fingerprint density at radius 2 is 0.476 bits per heavy atom. The summed E-state index contributed by atoms with van der Waals surface area (Å²) in [7, 11) is 0. The minimum atomic E-state index is -0.770. The maximum Gasteiger partial charge on any atom is 0.306 e. The molecule has 0 saturated carbocycles. The number of hydrogen-bond donors (Lipinski definition) is 0. The third-order valence-electron chi connectivity index (χ3n) is 16.3. The number of carbonyl (C=O) groups excluding carboxylic acids is 3. The van der Waals surface area contributed by atoms with Gasteiger partial charge in [-0.15, -0.1) is 0 Å². The highest BCUT2D eigenvalue weighted by molar-refractivity contribution is 5.71. The first kappa shape index (κ1) is 79.1. The van der Waals surface area contributed by atoms with Gasteiger partial charge in [-0.3, -0.25) is 14.4 Å². The van der Waals surface area contributed by atoms with E-state index < -0.39 is 6.10 Å². The lowest BCUT2D eigenvalue weighted by Gasteiger charge is -2.18. The SMILES string of the molecule is CC/C=C\C/C=C\C/C=C\C/C=C\C/C=C\CCCCCCCCCCCCCCCCCC(=O)OCC(COC(=O)CCCCCCCCCCCCC)OC(=O)CCCCCCCCCCCCCCCCCCCCCCCC. The number of unbranched alkanes of at least 4 members (excludes halogenated alkanes) is 46. The molecule has 0 rings (SSSR count). The lowest BCUT2D eigenvalue weighted by atomic mass is 10.0. The van der Waals surface area contributed by atoms with E-state index in [1.807, 2.05) is 0 Å². The Hall–Kier alpha value is -2.89. The van der Waals surface area contributed by atoms with Crippen molar-refractivity contribution in [2.24, 2.45) is 0 Å². The highest BCUT2D eigenvalue weighted by atomic mass is 16.6. The quantitative estimate of drug-likeness (QED) is 0.0261. The monoisotopic (exact) mass is 1150 g/mol. The first-order valence-corrected chi connectivity index (χ1v) is 36.3. The van der Waals surface area contributed by atoms with E-state index in [4.69, 9.17) is 14.2 Å². The molecule has 0 spiro atoms. The summed E-state index contributed by atoms with van der Waals surface area (Å²) in [5.74, 6) is -0.840. The van der Waals surface area contributed by atoms with Crippen LogP contribution in [0.4, 0.5) is 0 Å². The Bertz CT molecular complexity index is 1460. The van der Waals surface area contributed by atoms with Crippen molar-refractivity contribution in [3.8, 4) is 0 Å². The molecule has 0 aromatic carbocycles. The van der Waals surface area contributed by atoms with Gasteiger partial charge in [-0.1, -0.05) is 364 Å². The lowest BCUT2D eigenvalue weighted by molar-refractivity contribution is -0.167. The van der Waals surface area contributed by atoms with Gasteiger partial charge in [0, 0.05) is 19.3 Å². The highest BCUT2D eigenvalue weighted by Gasteiger charge is 2.19. The third-order valence-corrected chi connectivity index (χ3v) is 16.3. The van der Waals surface area contributed by atoms with Crippen molar-refractivity contribution in [3.05, 3.63) is 60.8 Å². The molecule has 0 N–H and O–H groups in total. The van der Waals surface area contributed by atoms with Crippen LogP contribution in [0.2, 0.25) is 0 Å². The molecule has 0 aromatic rings. The van der Waals surface area contributed by atoms with E-state index in [1.54, 1.807) is 0 Å². The lowest BCUT2D eigenvalue weighted by Crippen LogP contribution is -2.30. The Kier molecular flexibility index (Phi) is 68.1. The molecule has 82 heavy (non-hydrogen) atoms. The van der Waals surface area contributed by atoms with Crippen LogP contribution < -0.4 is 0 Å². The summed E-state index contributed by atoms with van der Waals surface area (Å²) in [6.45, 7) is 6.59. The maximum atomic E-state index is 12.9. The van der Waals surface area contributed by atoms with E-state index >= 15 is 0 Å². The molecule has 478 valence electrons. The van der Waals surface area contributed by atoms with E-state index in [2.05, 4.69) is 81.5 Å². The van der Waals surface area contributed by atoms with Gasteiger partial charge in [0.15, 0.2) is 6.10 Å². The summed E-state index contributed by atoms with van der Waals surface area (Å²) in [6, 6.07) is 0. The smallest absolute Gasteiger partial charge is 0.306 e. The van der Waals surface area contributed by atoms with Crippen LogP contribution >= 0.6 is 0 Å². The van der Waals surface area contributed by atoms with Crippen LogP contribution in [0, 0.1) is 0 Å². The zero-order chi connectivity index (χ0) is 59.2. The van der Waals surface area contributed by atoms with Crippen molar-refractivity contribution in [1.82, 2.24) is 0 Å². The standard InChI is InChI=1S/C76H138O6/c1-4-7-10-13-16-19-22-24-26-28-30-32-34-35-36-37-38-39-40-41-42-44-45-47-49-51-54-57-60-63-66-69-75(78)81-72-73(71-80-74(77)68-65-62-59-56-53-21-18-15-12-9-6-3)82-76(79)70-67-64-61-58-55-52-50-48-46-43-33-31-29-27-25-23-20-17-14-11-8-5-2/h7,10,16,19,24,26,30,32,35-36,73H,4-6,8-9,11-15,17-18,20-23,25,27-29,31,33-34,37-72H2,1-3H3/b10-7-,19-16-,26-24-,32-30-,36-35-. The minimum Gasteiger partial charge on any atom is -0.462 e. The molecule has 0 aliphatic heterocycles. The van der Waals surface area contributed by atoms with E-state index in [0.29, 0.717) is 19.3 Å². The molecule has 0 fully saturated rings. The Morgan fingerprint density at radius 3 is 0.744 bits per heavy atom. The normalized spacial score (nSPS) is 12.4. The Morgan fingerprint density at radius 1 is 0.256 bits per heavy atom. The van der Waals surface area contributed by atoms with Crippen LogP contribution in [0.5, 0.6) is 0 Å². The molecule has 1 unspecified atom stereocenters. The molecule has 0 aliphatic carbocycles. The second-order valence-corrected chi connectivity index (χ2v) is 24.5. The Labute approximate surface area is 510 Å². The average molecular weight is 1150 g/mol. The summed E-state index contributed by atoms with van der Waals surface area (Å²) in [6.07, 6.45) is 91.2. The molecule has 6 nitrogen and oxygen atoms in total. The maximum absolute atomic E-state index is 12.9. The number of allylic oxidation sites excluding steroid dienone is 10. The second-order valence-electron chi connectivity index (χ2n) is 24.5. The van der Waals surface area contributed by atoms with Gasteiger partial charge in [-0.2, -0.15) is 0 Å². The fraction of sp³-hybridized carbons (Fsp3) is 0.829. The van der Waals surface area contributed by atoms with E-state index in [9.17, 15) is 14.4 Å². The van der Waals surface area contributed by atoms with Gasteiger partial charge in [0.2, 0.25) is 0 Å². The summed E-state index contributed by atoms with van der Waals surface area (Å²) < 4.78 is 17.0. The third kappa shape index (κ3) is 67.9. The first-order chi connectivity index (χ1) is 40.5. The fourth-order valence-electron chi connectivity index (χ4n) is 10.9. The van der Waals surface area contributed by atoms with Gasteiger partial charge < -0.3 is 14.2 Å². The van der Waals surface area contributed by atoms with E-state index in [0.717, 1.165) is 89.9 Å². The molecule has 0 heterocycles. The van der Waals surface area contributed by atoms with Crippen molar-refractivity contribution < 1.29 is 28.6 Å².